The summed E-state index contributed by atoms with van der Waals surface area (Å²) in [6.45, 7) is 0. The summed E-state index contributed by atoms with van der Waals surface area (Å²) in [5, 5.41) is 0.542. The van der Waals surface area contributed by atoms with Crippen molar-refractivity contribution in [3.05, 3.63) is 30.0 Å². The van der Waals surface area contributed by atoms with Crippen LogP contribution in [0.25, 0.3) is 10.1 Å². The van der Waals surface area contributed by atoms with Gasteiger partial charge in [-0.25, -0.2) is 0 Å². The highest BCUT2D eigenvalue weighted by Crippen LogP contribution is 2.36. The van der Waals surface area contributed by atoms with Gasteiger partial charge in [-0.2, -0.15) is 17.5 Å². The molecule has 0 aliphatic carbocycles. The van der Waals surface area contributed by atoms with Crippen LogP contribution in [0.2, 0.25) is 0 Å². The third kappa shape index (κ3) is 1.39. The SMILES string of the molecule is FC(F)(F)c1cccc2cnsc12. The maximum atomic E-state index is 12.4. The van der Waals surface area contributed by atoms with E-state index in [4.69, 9.17) is 0 Å². The molecule has 0 atom stereocenters. The second kappa shape index (κ2) is 2.70. The van der Waals surface area contributed by atoms with Crippen LogP contribution in [-0.4, -0.2) is 4.37 Å². The summed E-state index contributed by atoms with van der Waals surface area (Å²) in [4.78, 5) is 0. The Morgan fingerprint density at radius 3 is 2.69 bits per heavy atom. The number of hydrogen-bond acceptors (Lipinski definition) is 2. The van der Waals surface area contributed by atoms with Crippen molar-refractivity contribution in [3.8, 4) is 0 Å². The summed E-state index contributed by atoms with van der Waals surface area (Å²) < 4.78 is 41.0. The first-order chi connectivity index (χ1) is 6.09. The van der Waals surface area contributed by atoms with Gasteiger partial charge in [-0.05, 0) is 17.6 Å². The summed E-state index contributed by atoms with van der Waals surface area (Å²) in [7, 11) is 0. The summed E-state index contributed by atoms with van der Waals surface area (Å²) in [6.07, 6.45) is -2.85. The number of rotatable bonds is 0. The fourth-order valence-electron chi connectivity index (χ4n) is 1.12. The molecule has 0 amide bonds. The van der Waals surface area contributed by atoms with Gasteiger partial charge in [0, 0.05) is 11.6 Å². The molecule has 0 aliphatic heterocycles. The molecule has 13 heavy (non-hydrogen) atoms. The van der Waals surface area contributed by atoms with Crippen molar-refractivity contribution in [1.82, 2.24) is 4.37 Å². The molecular weight excluding hydrogens is 199 g/mol. The molecule has 0 aliphatic rings. The Labute approximate surface area is 76.0 Å². The van der Waals surface area contributed by atoms with Crippen LogP contribution >= 0.6 is 11.5 Å². The van der Waals surface area contributed by atoms with E-state index >= 15 is 0 Å². The highest BCUT2D eigenvalue weighted by Gasteiger charge is 2.32. The lowest BCUT2D eigenvalue weighted by atomic mass is 10.2. The average Bonchev–Trinajstić information content (AvgIpc) is 2.48. The molecule has 0 unspecified atom stereocenters. The van der Waals surface area contributed by atoms with Gasteiger partial charge in [-0.1, -0.05) is 12.1 Å². The van der Waals surface area contributed by atoms with Gasteiger partial charge in [0.05, 0.1) is 10.3 Å². The second-order valence-electron chi connectivity index (χ2n) is 2.55. The molecule has 0 fully saturated rings. The molecular formula is C8H4F3NS. The van der Waals surface area contributed by atoms with Crippen LogP contribution in [0.4, 0.5) is 13.2 Å². The minimum Gasteiger partial charge on any atom is -0.200 e. The molecule has 0 bridgehead atoms. The number of aromatic nitrogens is 1. The third-order valence-electron chi connectivity index (χ3n) is 1.69. The van der Waals surface area contributed by atoms with Crippen molar-refractivity contribution >= 4 is 21.6 Å². The van der Waals surface area contributed by atoms with Gasteiger partial charge in [0.15, 0.2) is 0 Å². The van der Waals surface area contributed by atoms with Crippen molar-refractivity contribution < 1.29 is 13.2 Å². The minimum absolute atomic E-state index is 0.204. The van der Waals surface area contributed by atoms with E-state index < -0.39 is 11.7 Å². The monoisotopic (exact) mass is 203 g/mol. The Morgan fingerprint density at radius 1 is 1.23 bits per heavy atom. The van der Waals surface area contributed by atoms with Crippen molar-refractivity contribution in [3.63, 3.8) is 0 Å². The maximum Gasteiger partial charge on any atom is 0.417 e. The molecule has 1 heterocycles. The number of halogens is 3. The largest absolute Gasteiger partial charge is 0.417 e. The fraction of sp³-hybridized carbons (Fsp3) is 0.125. The zero-order chi connectivity index (χ0) is 9.47. The maximum absolute atomic E-state index is 12.4. The van der Waals surface area contributed by atoms with E-state index in [1.54, 1.807) is 6.07 Å². The van der Waals surface area contributed by atoms with Gasteiger partial charge >= 0.3 is 6.18 Å². The number of hydrogen-bond donors (Lipinski definition) is 0. The standard InChI is InChI=1S/C8H4F3NS/c9-8(10,11)6-3-1-2-5-4-12-13-7(5)6/h1-4H. The van der Waals surface area contributed by atoms with Gasteiger partial charge < -0.3 is 0 Å². The van der Waals surface area contributed by atoms with Gasteiger partial charge in [-0.3, -0.25) is 0 Å². The number of nitrogens with zero attached hydrogens (tertiary/aromatic N) is 1. The van der Waals surface area contributed by atoms with Gasteiger partial charge in [-0.15, -0.1) is 0 Å². The summed E-state index contributed by atoms with van der Waals surface area (Å²) >= 11 is 0.871. The predicted molar refractivity (Wildman–Crippen MR) is 44.6 cm³/mol. The zero-order valence-electron chi connectivity index (χ0n) is 6.30. The van der Waals surface area contributed by atoms with Crippen LogP contribution in [-0.2, 0) is 6.18 Å². The summed E-state index contributed by atoms with van der Waals surface area (Å²) in [5.41, 5.74) is -0.604. The van der Waals surface area contributed by atoms with Crippen LogP contribution < -0.4 is 0 Å². The smallest absolute Gasteiger partial charge is 0.200 e. The van der Waals surface area contributed by atoms with E-state index in [1.807, 2.05) is 0 Å². The Kier molecular flexibility index (Phi) is 1.76. The number of benzene rings is 1. The number of fused-ring (bicyclic) bond motifs is 1. The number of alkyl halides is 3. The summed E-state index contributed by atoms with van der Waals surface area (Å²) in [5.74, 6) is 0. The Morgan fingerprint density at radius 2 is 2.00 bits per heavy atom. The quantitative estimate of drug-likeness (QED) is 0.640. The molecule has 0 radical (unpaired) electrons. The van der Waals surface area contributed by atoms with E-state index in [-0.39, 0.29) is 4.70 Å². The van der Waals surface area contributed by atoms with E-state index in [9.17, 15) is 13.2 Å². The molecule has 0 saturated heterocycles. The van der Waals surface area contributed by atoms with E-state index in [0.717, 1.165) is 17.6 Å². The Balaban J connectivity index is 2.75. The second-order valence-corrected chi connectivity index (χ2v) is 3.35. The molecule has 5 heteroatoms. The van der Waals surface area contributed by atoms with E-state index in [1.165, 1.54) is 12.3 Å². The average molecular weight is 203 g/mol. The Bertz CT molecular complexity index is 432. The lowest BCUT2D eigenvalue weighted by Gasteiger charge is -2.06. The van der Waals surface area contributed by atoms with E-state index in [0.29, 0.717) is 5.39 Å². The van der Waals surface area contributed by atoms with Crippen LogP contribution in [0.5, 0.6) is 0 Å². The van der Waals surface area contributed by atoms with Crippen molar-refractivity contribution in [1.29, 1.82) is 0 Å². The normalized spacial score (nSPS) is 12.2. The van der Waals surface area contributed by atoms with Crippen LogP contribution in [0, 0.1) is 0 Å². The molecule has 2 rings (SSSR count). The first-order valence-electron chi connectivity index (χ1n) is 3.49. The van der Waals surface area contributed by atoms with Crippen LogP contribution in [0.1, 0.15) is 5.56 Å². The molecule has 0 N–H and O–H groups in total. The van der Waals surface area contributed by atoms with Crippen LogP contribution in [0.15, 0.2) is 24.4 Å². The molecule has 2 aromatic rings. The third-order valence-corrected chi connectivity index (χ3v) is 2.54. The van der Waals surface area contributed by atoms with Crippen molar-refractivity contribution in [2.75, 3.05) is 0 Å². The van der Waals surface area contributed by atoms with Gasteiger partial charge in [0.25, 0.3) is 0 Å². The van der Waals surface area contributed by atoms with Gasteiger partial charge in [0.2, 0.25) is 0 Å². The molecule has 0 saturated carbocycles. The molecule has 68 valence electrons. The highest BCUT2D eigenvalue weighted by molar-refractivity contribution is 7.13. The zero-order valence-corrected chi connectivity index (χ0v) is 7.12. The highest BCUT2D eigenvalue weighted by atomic mass is 32.1. The fourth-order valence-corrected chi connectivity index (χ4v) is 1.90. The molecule has 1 aromatic carbocycles. The first-order valence-corrected chi connectivity index (χ1v) is 4.27. The van der Waals surface area contributed by atoms with Crippen molar-refractivity contribution in [2.24, 2.45) is 0 Å². The molecule has 1 nitrogen and oxygen atoms in total. The molecule has 0 spiro atoms. The topological polar surface area (TPSA) is 12.9 Å². The van der Waals surface area contributed by atoms with Crippen LogP contribution in [0.3, 0.4) is 0 Å². The van der Waals surface area contributed by atoms with Crippen molar-refractivity contribution in [2.45, 2.75) is 6.18 Å². The lowest BCUT2D eigenvalue weighted by Crippen LogP contribution is -2.04. The van der Waals surface area contributed by atoms with E-state index in [2.05, 4.69) is 4.37 Å². The summed E-state index contributed by atoms with van der Waals surface area (Å²) in [6, 6.07) is 4.08. The first kappa shape index (κ1) is 8.50. The minimum atomic E-state index is -4.29. The molecule has 1 aromatic heterocycles. The predicted octanol–water partition coefficient (Wildman–Crippen LogP) is 3.32. The van der Waals surface area contributed by atoms with Gasteiger partial charge in [0.1, 0.15) is 0 Å². The lowest BCUT2D eigenvalue weighted by molar-refractivity contribution is -0.136. The Hall–Kier alpha value is -1.10.